The number of hydrogen-bond acceptors (Lipinski definition) is 2. The predicted molar refractivity (Wildman–Crippen MR) is 132 cm³/mol. The first-order valence-electron chi connectivity index (χ1n) is 10.8. The lowest BCUT2D eigenvalue weighted by Crippen LogP contribution is -1.88. The molecule has 0 radical (unpaired) electrons. The highest BCUT2D eigenvalue weighted by Crippen LogP contribution is 2.49. The minimum atomic E-state index is 0.989. The second-order valence-corrected chi connectivity index (χ2v) is 8.28. The molecule has 0 fully saturated rings. The van der Waals surface area contributed by atoms with Gasteiger partial charge in [0, 0.05) is 23.3 Å². The van der Waals surface area contributed by atoms with Crippen LogP contribution in [0.3, 0.4) is 0 Å². The van der Waals surface area contributed by atoms with Crippen LogP contribution in [-0.4, -0.2) is 9.97 Å². The molecule has 2 nitrogen and oxygen atoms in total. The number of benzene rings is 4. The molecule has 0 spiro atoms. The van der Waals surface area contributed by atoms with Gasteiger partial charge in [0.05, 0.1) is 11.2 Å². The van der Waals surface area contributed by atoms with Crippen molar-refractivity contribution in [3.05, 3.63) is 109 Å². The standard InChI is InChI=1S/C30H18N2/c1-2-7-23-22(6-1)25-8-3-9-26-24(12-13-27(23)30(25)26)29-18-21(14-16-32-29)20-11-10-19-5-4-15-31-28(19)17-20/h1-18H. The first-order chi connectivity index (χ1) is 15.9. The van der Waals surface area contributed by atoms with Crippen LogP contribution in [0.1, 0.15) is 0 Å². The van der Waals surface area contributed by atoms with Crippen LogP contribution in [0.25, 0.3) is 66.3 Å². The molecular weight excluding hydrogens is 388 g/mol. The van der Waals surface area contributed by atoms with E-state index in [1.165, 1.54) is 38.6 Å². The largest absolute Gasteiger partial charge is 0.256 e. The lowest BCUT2D eigenvalue weighted by molar-refractivity contribution is 1.33. The molecule has 0 saturated carbocycles. The van der Waals surface area contributed by atoms with Crippen molar-refractivity contribution in [2.45, 2.75) is 0 Å². The van der Waals surface area contributed by atoms with E-state index in [9.17, 15) is 0 Å². The third kappa shape index (κ3) is 2.47. The molecule has 4 aromatic carbocycles. The SMILES string of the molecule is c1ccc2c(c1)-c1cccc3c(-c4cc(-c5ccc6cccnc6c5)ccn4)ccc-2c13. The molecule has 0 atom stereocenters. The zero-order chi connectivity index (χ0) is 21.1. The Bertz CT molecular complexity index is 1650. The van der Waals surface area contributed by atoms with Gasteiger partial charge in [-0.3, -0.25) is 9.97 Å². The van der Waals surface area contributed by atoms with Crippen LogP contribution in [0, 0.1) is 0 Å². The van der Waals surface area contributed by atoms with Crippen molar-refractivity contribution in [2.24, 2.45) is 0 Å². The minimum Gasteiger partial charge on any atom is -0.256 e. The highest BCUT2D eigenvalue weighted by Gasteiger charge is 2.22. The molecule has 2 aromatic heterocycles. The zero-order valence-electron chi connectivity index (χ0n) is 17.3. The summed E-state index contributed by atoms with van der Waals surface area (Å²) in [6.07, 6.45) is 3.75. The van der Waals surface area contributed by atoms with Gasteiger partial charge >= 0.3 is 0 Å². The van der Waals surface area contributed by atoms with Crippen molar-refractivity contribution in [1.82, 2.24) is 9.97 Å². The molecule has 2 heteroatoms. The van der Waals surface area contributed by atoms with Gasteiger partial charge < -0.3 is 0 Å². The summed E-state index contributed by atoms with van der Waals surface area (Å²) in [5, 5.41) is 3.73. The molecule has 0 N–H and O–H groups in total. The first-order valence-corrected chi connectivity index (χ1v) is 10.8. The maximum atomic E-state index is 4.76. The van der Waals surface area contributed by atoms with Crippen LogP contribution in [0.4, 0.5) is 0 Å². The van der Waals surface area contributed by atoms with Crippen LogP contribution in [0.5, 0.6) is 0 Å². The number of aromatic nitrogens is 2. The van der Waals surface area contributed by atoms with Gasteiger partial charge in [0.25, 0.3) is 0 Å². The fourth-order valence-electron chi connectivity index (χ4n) is 5.04. The lowest BCUT2D eigenvalue weighted by Gasteiger charge is -2.11. The Morgan fingerprint density at radius 3 is 2.16 bits per heavy atom. The van der Waals surface area contributed by atoms with E-state index in [1.54, 1.807) is 0 Å². The second-order valence-electron chi connectivity index (χ2n) is 8.28. The van der Waals surface area contributed by atoms with Crippen LogP contribution in [0.15, 0.2) is 109 Å². The van der Waals surface area contributed by atoms with E-state index in [0.717, 1.165) is 27.7 Å². The monoisotopic (exact) mass is 406 g/mol. The number of nitrogens with zero attached hydrogens (tertiary/aromatic N) is 2. The Kier molecular flexibility index (Phi) is 3.58. The molecule has 1 aliphatic rings. The molecule has 0 bridgehead atoms. The Labute approximate surface area is 185 Å². The average molecular weight is 406 g/mol. The number of pyridine rings is 2. The van der Waals surface area contributed by atoms with E-state index in [2.05, 4.69) is 96.0 Å². The van der Waals surface area contributed by atoms with Crippen molar-refractivity contribution in [2.75, 3.05) is 0 Å². The molecular formula is C30H18N2. The van der Waals surface area contributed by atoms with Crippen LogP contribution >= 0.6 is 0 Å². The quantitative estimate of drug-likeness (QED) is 0.293. The Hall–Kier alpha value is -4.30. The van der Waals surface area contributed by atoms with E-state index < -0.39 is 0 Å². The smallest absolute Gasteiger partial charge is 0.0714 e. The highest BCUT2D eigenvalue weighted by atomic mass is 14.7. The first kappa shape index (κ1) is 17.4. The topological polar surface area (TPSA) is 25.8 Å². The average Bonchev–Trinajstić information content (AvgIpc) is 3.20. The molecule has 0 unspecified atom stereocenters. The normalized spacial score (nSPS) is 11.8. The Morgan fingerprint density at radius 1 is 0.469 bits per heavy atom. The third-order valence-corrected chi connectivity index (χ3v) is 6.52. The third-order valence-electron chi connectivity index (χ3n) is 6.52. The maximum absolute atomic E-state index is 4.76. The number of fused-ring (bicyclic) bond motifs is 4. The lowest BCUT2D eigenvalue weighted by atomic mass is 9.95. The van der Waals surface area contributed by atoms with Crippen molar-refractivity contribution >= 4 is 21.7 Å². The summed E-state index contributed by atoms with van der Waals surface area (Å²) >= 11 is 0. The summed E-state index contributed by atoms with van der Waals surface area (Å²) in [7, 11) is 0. The summed E-state index contributed by atoms with van der Waals surface area (Å²) in [5.74, 6) is 0. The summed E-state index contributed by atoms with van der Waals surface area (Å²) in [4.78, 5) is 9.28. The molecule has 6 aromatic rings. The van der Waals surface area contributed by atoms with Gasteiger partial charge in [-0.2, -0.15) is 0 Å². The summed E-state index contributed by atoms with van der Waals surface area (Å²) < 4.78 is 0. The molecule has 0 saturated heterocycles. The minimum absolute atomic E-state index is 0.989. The molecule has 0 amide bonds. The Morgan fingerprint density at radius 2 is 1.25 bits per heavy atom. The fraction of sp³-hybridized carbons (Fsp3) is 0. The highest BCUT2D eigenvalue weighted by molar-refractivity contribution is 6.18. The van der Waals surface area contributed by atoms with E-state index >= 15 is 0 Å². The Balaban J connectivity index is 1.42. The van der Waals surface area contributed by atoms with Crippen LogP contribution in [-0.2, 0) is 0 Å². The van der Waals surface area contributed by atoms with E-state index in [-0.39, 0.29) is 0 Å². The van der Waals surface area contributed by atoms with Gasteiger partial charge in [-0.05, 0) is 68.4 Å². The molecule has 7 rings (SSSR count). The van der Waals surface area contributed by atoms with E-state index in [0.29, 0.717) is 0 Å². The van der Waals surface area contributed by atoms with Gasteiger partial charge in [0.15, 0.2) is 0 Å². The molecule has 148 valence electrons. The molecule has 1 aliphatic carbocycles. The van der Waals surface area contributed by atoms with Crippen LogP contribution < -0.4 is 0 Å². The van der Waals surface area contributed by atoms with E-state index in [1.807, 2.05) is 18.5 Å². The van der Waals surface area contributed by atoms with Gasteiger partial charge in [0.1, 0.15) is 0 Å². The van der Waals surface area contributed by atoms with Crippen molar-refractivity contribution in [3.63, 3.8) is 0 Å². The molecule has 32 heavy (non-hydrogen) atoms. The summed E-state index contributed by atoms with van der Waals surface area (Å²) in [6, 6.07) is 34.5. The predicted octanol–water partition coefficient (Wildman–Crippen LogP) is 7.76. The van der Waals surface area contributed by atoms with Gasteiger partial charge in [-0.15, -0.1) is 0 Å². The van der Waals surface area contributed by atoms with E-state index in [4.69, 9.17) is 4.98 Å². The van der Waals surface area contributed by atoms with Gasteiger partial charge in [0.2, 0.25) is 0 Å². The summed E-state index contributed by atoms with van der Waals surface area (Å²) in [5.41, 5.74) is 10.7. The number of hydrogen-bond donors (Lipinski definition) is 0. The summed E-state index contributed by atoms with van der Waals surface area (Å²) in [6.45, 7) is 0. The van der Waals surface area contributed by atoms with Crippen molar-refractivity contribution < 1.29 is 0 Å². The number of rotatable bonds is 2. The van der Waals surface area contributed by atoms with Gasteiger partial charge in [-0.25, -0.2) is 0 Å². The molecule has 0 aliphatic heterocycles. The van der Waals surface area contributed by atoms with Crippen molar-refractivity contribution in [3.8, 4) is 44.6 Å². The zero-order valence-corrected chi connectivity index (χ0v) is 17.3. The van der Waals surface area contributed by atoms with Crippen LogP contribution in [0.2, 0.25) is 0 Å². The van der Waals surface area contributed by atoms with Crippen molar-refractivity contribution in [1.29, 1.82) is 0 Å². The van der Waals surface area contributed by atoms with Gasteiger partial charge in [-0.1, -0.05) is 72.8 Å². The fourth-order valence-corrected chi connectivity index (χ4v) is 5.04. The maximum Gasteiger partial charge on any atom is 0.0714 e. The molecule has 2 heterocycles. The second kappa shape index (κ2) is 6.60.